The minimum absolute atomic E-state index is 0.337. The monoisotopic (exact) mass is 380 g/mol. The van der Waals surface area contributed by atoms with E-state index in [1.54, 1.807) is 0 Å². The first kappa shape index (κ1) is 26.7. The zero-order chi connectivity index (χ0) is 20.2. The van der Waals surface area contributed by atoms with Crippen molar-refractivity contribution >= 4 is 6.29 Å². The van der Waals surface area contributed by atoms with Crippen LogP contribution in [0.4, 0.5) is 0 Å². The molecule has 0 spiro atoms. The summed E-state index contributed by atoms with van der Waals surface area (Å²) in [7, 11) is 0. The fourth-order valence-corrected chi connectivity index (χ4v) is 3.94. The first-order valence-corrected chi connectivity index (χ1v) is 12.4. The van der Waals surface area contributed by atoms with E-state index in [1.165, 1.54) is 115 Å². The normalized spacial score (nSPS) is 13.0. The Balaban J connectivity index is 3.33. The van der Waals surface area contributed by atoms with Gasteiger partial charge in [0.15, 0.2) is 0 Å². The first-order chi connectivity index (χ1) is 13.0. The predicted molar refractivity (Wildman–Crippen MR) is 122 cm³/mol. The molecule has 0 amide bonds. The Bertz CT molecular complexity index is 302. The Hall–Kier alpha value is -0.330. The van der Waals surface area contributed by atoms with Gasteiger partial charge in [-0.3, -0.25) is 0 Å². The van der Waals surface area contributed by atoms with Gasteiger partial charge in [-0.1, -0.05) is 130 Å². The van der Waals surface area contributed by atoms with Gasteiger partial charge in [0.25, 0.3) is 0 Å². The Labute approximate surface area is 172 Å². The molecule has 1 atom stereocenters. The highest BCUT2D eigenvalue weighted by Gasteiger charge is 2.09. The van der Waals surface area contributed by atoms with Crippen LogP contribution in [-0.2, 0) is 4.79 Å². The summed E-state index contributed by atoms with van der Waals surface area (Å²) in [5.41, 5.74) is 0.508. The highest BCUT2D eigenvalue weighted by molar-refractivity contribution is 5.53. The van der Waals surface area contributed by atoms with Gasteiger partial charge in [-0.25, -0.2) is 0 Å². The second-order valence-corrected chi connectivity index (χ2v) is 10.1. The minimum Gasteiger partial charge on any atom is -0.303 e. The van der Waals surface area contributed by atoms with Crippen LogP contribution < -0.4 is 0 Å². The highest BCUT2D eigenvalue weighted by Crippen LogP contribution is 2.23. The zero-order valence-electron chi connectivity index (χ0n) is 19.5. The van der Waals surface area contributed by atoms with Gasteiger partial charge in [-0.05, 0) is 24.7 Å². The number of hydrogen-bond donors (Lipinski definition) is 0. The van der Waals surface area contributed by atoms with Gasteiger partial charge in [0.1, 0.15) is 6.29 Å². The smallest absolute Gasteiger partial charge is 0.123 e. The van der Waals surface area contributed by atoms with E-state index in [1.807, 2.05) is 0 Å². The SMILES string of the molecule is CCCCCCCCCC(C=O)CCCCCCCCCCCC(C)(C)C. The number of carbonyl (C=O) groups is 1. The van der Waals surface area contributed by atoms with Gasteiger partial charge in [-0.2, -0.15) is 0 Å². The van der Waals surface area contributed by atoms with E-state index in [9.17, 15) is 4.79 Å². The van der Waals surface area contributed by atoms with E-state index < -0.39 is 0 Å². The van der Waals surface area contributed by atoms with Crippen molar-refractivity contribution in [1.29, 1.82) is 0 Å². The quantitative estimate of drug-likeness (QED) is 0.152. The van der Waals surface area contributed by atoms with Gasteiger partial charge in [0.05, 0.1) is 0 Å². The van der Waals surface area contributed by atoms with Crippen molar-refractivity contribution in [3.63, 3.8) is 0 Å². The van der Waals surface area contributed by atoms with Crippen LogP contribution >= 0.6 is 0 Å². The molecule has 0 aliphatic rings. The summed E-state index contributed by atoms with van der Waals surface area (Å²) in [5.74, 6) is 0.337. The third-order valence-corrected chi connectivity index (χ3v) is 5.87. The standard InChI is InChI=1S/C26H52O/c1-5-6-7-8-12-15-18-21-25(24-27)22-19-16-13-10-9-11-14-17-20-23-26(2,3)4/h24-25H,5-23H2,1-4H3. The number of unbranched alkanes of at least 4 members (excludes halogenated alkanes) is 14. The second-order valence-electron chi connectivity index (χ2n) is 10.1. The van der Waals surface area contributed by atoms with Crippen LogP contribution in [0.1, 0.15) is 150 Å². The molecule has 0 aliphatic heterocycles. The lowest BCUT2D eigenvalue weighted by molar-refractivity contribution is -0.111. The van der Waals surface area contributed by atoms with E-state index in [-0.39, 0.29) is 0 Å². The third-order valence-electron chi connectivity index (χ3n) is 5.87. The third kappa shape index (κ3) is 21.8. The fourth-order valence-electron chi connectivity index (χ4n) is 3.94. The molecule has 0 fully saturated rings. The van der Waals surface area contributed by atoms with E-state index >= 15 is 0 Å². The van der Waals surface area contributed by atoms with Crippen LogP contribution in [0.2, 0.25) is 0 Å². The van der Waals surface area contributed by atoms with Crippen molar-refractivity contribution in [2.24, 2.45) is 11.3 Å². The molecule has 1 heteroatoms. The Morgan fingerprint density at radius 1 is 0.593 bits per heavy atom. The second kappa shape index (κ2) is 19.0. The van der Waals surface area contributed by atoms with Crippen molar-refractivity contribution in [2.75, 3.05) is 0 Å². The van der Waals surface area contributed by atoms with Crippen LogP contribution in [0.25, 0.3) is 0 Å². The number of rotatable bonds is 20. The molecule has 0 bridgehead atoms. The average Bonchev–Trinajstić information content (AvgIpc) is 2.62. The van der Waals surface area contributed by atoms with Crippen LogP contribution in [0.5, 0.6) is 0 Å². The number of hydrogen-bond acceptors (Lipinski definition) is 1. The maximum absolute atomic E-state index is 11.3. The molecule has 0 saturated carbocycles. The first-order valence-electron chi connectivity index (χ1n) is 12.4. The maximum atomic E-state index is 11.3. The summed E-state index contributed by atoms with van der Waals surface area (Å²) in [6.45, 7) is 9.30. The largest absolute Gasteiger partial charge is 0.303 e. The van der Waals surface area contributed by atoms with Gasteiger partial charge >= 0.3 is 0 Å². The van der Waals surface area contributed by atoms with E-state index in [0.717, 1.165) is 12.8 Å². The molecule has 0 aromatic heterocycles. The lowest BCUT2D eigenvalue weighted by Crippen LogP contribution is -2.03. The summed E-state index contributed by atoms with van der Waals surface area (Å²) in [4.78, 5) is 11.3. The summed E-state index contributed by atoms with van der Waals surface area (Å²) >= 11 is 0. The Kier molecular flexibility index (Phi) is 18.8. The maximum Gasteiger partial charge on any atom is 0.123 e. The number of aldehydes is 1. The van der Waals surface area contributed by atoms with Crippen molar-refractivity contribution in [1.82, 2.24) is 0 Å². The van der Waals surface area contributed by atoms with Crippen molar-refractivity contribution < 1.29 is 4.79 Å². The molecular formula is C26H52O. The molecular weight excluding hydrogens is 328 g/mol. The molecule has 0 aromatic rings. The molecule has 0 saturated heterocycles. The van der Waals surface area contributed by atoms with Crippen molar-refractivity contribution in [3.8, 4) is 0 Å². The lowest BCUT2D eigenvalue weighted by Gasteiger charge is -2.17. The predicted octanol–water partition coefficient (Wildman–Crippen LogP) is 9.28. The molecule has 0 radical (unpaired) electrons. The van der Waals surface area contributed by atoms with Crippen molar-refractivity contribution in [2.45, 2.75) is 150 Å². The molecule has 27 heavy (non-hydrogen) atoms. The van der Waals surface area contributed by atoms with Gasteiger partial charge in [-0.15, -0.1) is 0 Å². The zero-order valence-corrected chi connectivity index (χ0v) is 19.5. The molecule has 0 aromatic carbocycles. The number of carbonyl (C=O) groups excluding carboxylic acids is 1. The molecule has 0 N–H and O–H groups in total. The summed E-state index contributed by atoms with van der Waals surface area (Å²) in [5, 5.41) is 0. The molecule has 162 valence electrons. The molecule has 1 unspecified atom stereocenters. The molecule has 0 heterocycles. The van der Waals surface area contributed by atoms with Gasteiger partial charge < -0.3 is 4.79 Å². The van der Waals surface area contributed by atoms with Crippen LogP contribution in [-0.4, -0.2) is 6.29 Å². The molecule has 0 rings (SSSR count). The Morgan fingerprint density at radius 2 is 0.963 bits per heavy atom. The van der Waals surface area contributed by atoms with Gasteiger partial charge in [0.2, 0.25) is 0 Å². The topological polar surface area (TPSA) is 17.1 Å². The summed E-state index contributed by atoms with van der Waals surface area (Å²) in [6, 6.07) is 0. The molecule has 0 aliphatic carbocycles. The van der Waals surface area contributed by atoms with Crippen LogP contribution in [0, 0.1) is 11.3 Å². The summed E-state index contributed by atoms with van der Waals surface area (Å²) in [6.07, 6.45) is 26.7. The van der Waals surface area contributed by atoms with E-state index in [4.69, 9.17) is 0 Å². The van der Waals surface area contributed by atoms with E-state index in [2.05, 4.69) is 27.7 Å². The minimum atomic E-state index is 0.337. The fraction of sp³-hybridized carbons (Fsp3) is 0.962. The average molecular weight is 381 g/mol. The highest BCUT2D eigenvalue weighted by atomic mass is 16.1. The lowest BCUT2D eigenvalue weighted by atomic mass is 9.89. The van der Waals surface area contributed by atoms with E-state index in [0.29, 0.717) is 11.3 Å². The van der Waals surface area contributed by atoms with Crippen LogP contribution in [0.3, 0.4) is 0 Å². The van der Waals surface area contributed by atoms with Crippen LogP contribution in [0.15, 0.2) is 0 Å². The van der Waals surface area contributed by atoms with Gasteiger partial charge in [0, 0.05) is 5.92 Å². The summed E-state index contributed by atoms with van der Waals surface area (Å²) < 4.78 is 0. The van der Waals surface area contributed by atoms with Crippen molar-refractivity contribution in [3.05, 3.63) is 0 Å². The molecule has 1 nitrogen and oxygen atoms in total. The Morgan fingerprint density at radius 3 is 1.33 bits per heavy atom.